The van der Waals surface area contributed by atoms with Crippen molar-refractivity contribution in [3.8, 4) is 0 Å². The minimum absolute atomic E-state index is 0.186. The van der Waals surface area contributed by atoms with E-state index in [0.29, 0.717) is 0 Å². The van der Waals surface area contributed by atoms with Crippen molar-refractivity contribution in [1.82, 2.24) is 0 Å². The summed E-state index contributed by atoms with van der Waals surface area (Å²) in [6.45, 7) is 1.83. The number of carbonyl (C=O) groups is 2. The lowest BCUT2D eigenvalue weighted by Gasteiger charge is -2.21. The summed E-state index contributed by atoms with van der Waals surface area (Å²) in [6.07, 6.45) is -0.963. The molecule has 5 nitrogen and oxygen atoms in total. The van der Waals surface area contributed by atoms with E-state index in [9.17, 15) is 9.59 Å². The molecule has 0 saturated carbocycles. The van der Waals surface area contributed by atoms with Crippen LogP contribution >= 0.6 is 11.6 Å². The minimum Gasteiger partial charge on any atom is -0.465 e. The molecule has 0 saturated heterocycles. The molecule has 0 bridgehead atoms. The highest BCUT2D eigenvalue weighted by atomic mass is 35.5. The monoisotopic (exact) mass is 238 g/mol. The van der Waals surface area contributed by atoms with Crippen molar-refractivity contribution in [2.45, 2.75) is 13.2 Å². The Bertz CT molecular complexity index is 215. The summed E-state index contributed by atoms with van der Waals surface area (Å²) in [5.74, 6) is -2.58. The van der Waals surface area contributed by atoms with Crippen LogP contribution in [-0.4, -0.2) is 44.7 Å². The van der Waals surface area contributed by atoms with Gasteiger partial charge in [-0.05, 0) is 6.92 Å². The molecule has 1 unspecified atom stereocenters. The summed E-state index contributed by atoms with van der Waals surface area (Å²) in [7, 11) is 2.67. The highest BCUT2D eigenvalue weighted by Gasteiger charge is 2.35. The molecule has 0 radical (unpaired) electrons. The predicted molar refractivity (Wildman–Crippen MR) is 53.7 cm³/mol. The Balaban J connectivity index is 4.70. The predicted octanol–water partition coefficient (Wildman–Crippen LogP) is 0.592. The lowest BCUT2D eigenvalue weighted by atomic mass is 10.1. The van der Waals surface area contributed by atoms with Gasteiger partial charge < -0.3 is 14.2 Å². The van der Waals surface area contributed by atoms with Crippen LogP contribution in [-0.2, 0) is 23.8 Å². The van der Waals surface area contributed by atoms with Crippen molar-refractivity contribution in [3.05, 3.63) is 0 Å². The number of Topliss-reactive ketones (excluding diaryl/α,β-unsaturated/α-hetero) is 1. The first-order valence-electron chi connectivity index (χ1n) is 4.43. The molecule has 0 aromatic carbocycles. The highest BCUT2D eigenvalue weighted by Crippen LogP contribution is 2.13. The van der Waals surface area contributed by atoms with E-state index < -0.39 is 24.0 Å². The molecular weight excluding hydrogens is 224 g/mol. The van der Waals surface area contributed by atoms with E-state index in [0.717, 1.165) is 0 Å². The van der Waals surface area contributed by atoms with E-state index in [4.69, 9.17) is 25.8 Å². The van der Waals surface area contributed by atoms with Crippen LogP contribution in [0.25, 0.3) is 0 Å². The molecule has 0 amide bonds. The molecule has 0 aliphatic carbocycles. The van der Waals surface area contributed by atoms with Gasteiger partial charge in [-0.15, -0.1) is 11.6 Å². The quantitative estimate of drug-likeness (QED) is 0.281. The third-order valence-corrected chi connectivity index (χ3v) is 2.02. The molecular formula is C9H15ClO5. The van der Waals surface area contributed by atoms with Gasteiger partial charge in [0, 0.05) is 14.2 Å². The summed E-state index contributed by atoms with van der Waals surface area (Å²) < 4.78 is 14.4. The first-order valence-corrected chi connectivity index (χ1v) is 4.96. The topological polar surface area (TPSA) is 61.8 Å². The standard InChI is InChI=1S/C9H15ClO5/c1-4-15-8(12)7(6(11)5-10)9(13-2)14-3/h7,9H,4-5H2,1-3H3. The van der Waals surface area contributed by atoms with Crippen LogP contribution in [0.4, 0.5) is 0 Å². The van der Waals surface area contributed by atoms with Crippen LogP contribution in [0.3, 0.4) is 0 Å². The zero-order valence-corrected chi connectivity index (χ0v) is 9.74. The second-order valence-electron chi connectivity index (χ2n) is 2.67. The first-order chi connectivity index (χ1) is 7.12. The van der Waals surface area contributed by atoms with E-state index in [1.54, 1.807) is 6.92 Å². The molecule has 0 spiro atoms. The van der Waals surface area contributed by atoms with Crippen molar-refractivity contribution in [2.24, 2.45) is 5.92 Å². The molecule has 0 aromatic rings. The van der Waals surface area contributed by atoms with Crippen molar-refractivity contribution in [1.29, 1.82) is 0 Å². The van der Waals surface area contributed by atoms with Crippen molar-refractivity contribution >= 4 is 23.4 Å². The number of methoxy groups -OCH3 is 2. The zero-order chi connectivity index (χ0) is 11.8. The molecule has 0 heterocycles. The van der Waals surface area contributed by atoms with Gasteiger partial charge in [-0.2, -0.15) is 0 Å². The summed E-state index contributed by atoms with van der Waals surface area (Å²) in [6, 6.07) is 0. The van der Waals surface area contributed by atoms with Gasteiger partial charge in [0.15, 0.2) is 18.0 Å². The SMILES string of the molecule is CCOC(=O)C(C(=O)CCl)C(OC)OC. The van der Waals surface area contributed by atoms with Gasteiger partial charge in [0.1, 0.15) is 0 Å². The molecule has 0 aliphatic rings. The Morgan fingerprint density at radius 2 is 1.80 bits per heavy atom. The molecule has 0 fully saturated rings. The van der Waals surface area contributed by atoms with E-state index >= 15 is 0 Å². The highest BCUT2D eigenvalue weighted by molar-refractivity contribution is 6.29. The van der Waals surface area contributed by atoms with Crippen LogP contribution in [0.2, 0.25) is 0 Å². The van der Waals surface area contributed by atoms with Crippen LogP contribution < -0.4 is 0 Å². The molecule has 1 atom stereocenters. The fourth-order valence-electron chi connectivity index (χ4n) is 1.08. The van der Waals surface area contributed by atoms with Gasteiger partial charge in [0.05, 0.1) is 12.5 Å². The summed E-state index contributed by atoms with van der Waals surface area (Å²) in [5.41, 5.74) is 0. The molecule has 88 valence electrons. The Hall–Kier alpha value is -0.650. The first kappa shape index (κ1) is 14.3. The number of halogens is 1. The fraction of sp³-hybridized carbons (Fsp3) is 0.778. The average molecular weight is 239 g/mol. The molecule has 0 N–H and O–H groups in total. The normalized spacial score (nSPS) is 12.6. The number of hydrogen-bond acceptors (Lipinski definition) is 5. The van der Waals surface area contributed by atoms with Crippen LogP contribution in [0.5, 0.6) is 0 Å². The Morgan fingerprint density at radius 3 is 2.13 bits per heavy atom. The Morgan fingerprint density at radius 1 is 1.27 bits per heavy atom. The van der Waals surface area contributed by atoms with Crippen molar-refractivity contribution in [2.75, 3.05) is 26.7 Å². The van der Waals surface area contributed by atoms with Crippen LogP contribution in [0.15, 0.2) is 0 Å². The third kappa shape index (κ3) is 4.15. The molecule has 0 aromatic heterocycles. The van der Waals surface area contributed by atoms with E-state index in [2.05, 4.69) is 0 Å². The van der Waals surface area contributed by atoms with Gasteiger partial charge in [-0.25, -0.2) is 0 Å². The molecule has 0 aliphatic heterocycles. The zero-order valence-electron chi connectivity index (χ0n) is 8.99. The van der Waals surface area contributed by atoms with Gasteiger partial charge in [-0.3, -0.25) is 9.59 Å². The number of esters is 1. The average Bonchev–Trinajstić information content (AvgIpc) is 2.24. The Kier molecular flexibility index (Phi) is 7.29. The van der Waals surface area contributed by atoms with E-state index in [-0.39, 0.29) is 12.5 Å². The molecule has 6 heteroatoms. The smallest absolute Gasteiger partial charge is 0.321 e. The van der Waals surface area contributed by atoms with Crippen molar-refractivity contribution in [3.63, 3.8) is 0 Å². The number of ketones is 1. The number of ether oxygens (including phenoxy) is 3. The maximum Gasteiger partial charge on any atom is 0.321 e. The number of rotatable bonds is 7. The number of alkyl halides is 1. The third-order valence-electron chi connectivity index (χ3n) is 1.76. The second kappa shape index (κ2) is 7.62. The van der Waals surface area contributed by atoms with E-state index in [1.165, 1.54) is 14.2 Å². The van der Waals surface area contributed by atoms with Gasteiger partial charge in [-0.1, -0.05) is 0 Å². The summed E-state index contributed by atoms with van der Waals surface area (Å²) >= 11 is 5.38. The fourth-order valence-corrected chi connectivity index (χ4v) is 1.24. The maximum atomic E-state index is 11.4. The number of hydrogen-bond donors (Lipinski definition) is 0. The largest absolute Gasteiger partial charge is 0.465 e. The van der Waals surface area contributed by atoms with E-state index in [1.807, 2.05) is 0 Å². The lowest BCUT2D eigenvalue weighted by Crippen LogP contribution is -2.39. The summed E-state index contributed by atoms with van der Waals surface area (Å²) in [4.78, 5) is 22.8. The van der Waals surface area contributed by atoms with Gasteiger partial charge in [0.25, 0.3) is 0 Å². The van der Waals surface area contributed by atoms with Crippen LogP contribution in [0.1, 0.15) is 6.92 Å². The maximum absolute atomic E-state index is 11.4. The minimum atomic E-state index is -1.13. The van der Waals surface area contributed by atoms with Gasteiger partial charge >= 0.3 is 5.97 Å². The Labute approximate surface area is 93.6 Å². The summed E-state index contributed by atoms with van der Waals surface area (Å²) in [5, 5.41) is 0. The second-order valence-corrected chi connectivity index (χ2v) is 2.94. The number of carbonyl (C=O) groups excluding carboxylic acids is 2. The molecule has 15 heavy (non-hydrogen) atoms. The van der Waals surface area contributed by atoms with Crippen molar-refractivity contribution < 1.29 is 23.8 Å². The van der Waals surface area contributed by atoms with Gasteiger partial charge in [0.2, 0.25) is 0 Å². The lowest BCUT2D eigenvalue weighted by molar-refractivity contribution is -0.178. The molecule has 0 rings (SSSR count). The van der Waals surface area contributed by atoms with Crippen LogP contribution in [0, 0.1) is 5.92 Å².